The molecule has 124 valence electrons. The lowest BCUT2D eigenvalue weighted by Gasteiger charge is -2.44. The van der Waals surface area contributed by atoms with Crippen LogP contribution in [-0.2, 0) is 9.84 Å². The van der Waals surface area contributed by atoms with Gasteiger partial charge in [0.25, 0.3) is 0 Å². The van der Waals surface area contributed by atoms with Crippen LogP contribution in [0.4, 0.5) is 0 Å². The van der Waals surface area contributed by atoms with Gasteiger partial charge in [-0.1, -0.05) is 27.7 Å². The van der Waals surface area contributed by atoms with E-state index in [9.17, 15) is 8.42 Å². The monoisotopic (exact) mass is 316 g/mol. The number of hydrogen-bond donors (Lipinski definition) is 1. The van der Waals surface area contributed by atoms with Crippen molar-refractivity contribution in [3.05, 3.63) is 0 Å². The van der Waals surface area contributed by atoms with Gasteiger partial charge in [-0.25, -0.2) is 8.42 Å². The van der Waals surface area contributed by atoms with Gasteiger partial charge in [-0.2, -0.15) is 0 Å². The molecule has 0 aromatic heterocycles. The minimum atomic E-state index is -2.76. The second-order valence-electron chi connectivity index (χ2n) is 7.77. The maximum absolute atomic E-state index is 11.7. The van der Waals surface area contributed by atoms with Crippen LogP contribution >= 0.6 is 0 Å². The Morgan fingerprint density at radius 1 is 1.24 bits per heavy atom. The van der Waals surface area contributed by atoms with E-state index in [4.69, 9.17) is 0 Å². The molecule has 2 heterocycles. The molecule has 5 heteroatoms. The van der Waals surface area contributed by atoms with E-state index in [2.05, 4.69) is 37.9 Å². The zero-order valence-electron chi connectivity index (χ0n) is 14.0. The summed E-state index contributed by atoms with van der Waals surface area (Å²) in [5, 5.41) is 3.69. The van der Waals surface area contributed by atoms with Crippen LogP contribution in [-0.4, -0.2) is 56.5 Å². The summed E-state index contributed by atoms with van der Waals surface area (Å²) in [5.41, 5.74) is 0. The molecule has 0 aromatic rings. The largest absolute Gasteiger partial charge is 0.311 e. The molecule has 2 fully saturated rings. The third kappa shape index (κ3) is 4.93. The van der Waals surface area contributed by atoms with Gasteiger partial charge in [-0.15, -0.1) is 0 Å². The Hall–Kier alpha value is -0.130. The van der Waals surface area contributed by atoms with Crippen LogP contribution in [0.2, 0.25) is 0 Å². The van der Waals surface area contributed by atoms with Gasteiger partial charge in [0.1, 0.15) is 0 Å². The zero-order valence-corrected chi connectivity index (χ0v) is 14.8. The fraction of sp³-hybridized carbons (Fsp3) is 1.00. The zero-order chi connectivity index (χ0) is 15.6. The van der Waals surface area contributed by atoms with Gasteiger partial charge in [-0.3, -0.25) is 4.90 Å². The van der Waals surface area contributed by atoms with Crippen molar-refractivity contribution in [1.29, 1.82) is 0 Å². The number of sulfone groups is 1. The first kappa shape index (κ1) is 17.2. The first-order valence-corrected chi connectivity index (χ1v) is 10.3. The number of nitrogens with zero attached hydrogens (tertiary/aromatic N) is 1. The van der Waals surface area contributed by atoms with E-state index in [1.165, 1.54) is 6.42 Å². The molecule has 0 saturated carbocycles. The van der Waals surface area contributed by atoms with Gasteiger partial charge in [0.15, 0.2) is 9.84 Å². The van der Waals surface area contributed by atoms with Crippen molar-refractivity contribution in [2.24, 2.45) is 17.8 Å². The molecule has 2 aliphatic rings. The lowest BCUT2D eigenvalue weighted by Crippen LogP contribution is -2.59. The van der Waals surface area contributed by atoms with Crippen LogP contribution in [0, 0.1) is 17.8 Å². The normalized spacial score (nSPS) is 33.9. The van der Waals surface area contributed by atoms with Gasteiger partial charge in [0, 0.05) is 31.7 Å². The van der Waals surface area contributed by atoms with Crippen LogP contribution in [0.5, 0.6) is 0 Å². The van der Waals surface area contributed by atoms with Crippen LogP contribution in [0.3, 0.4) is 0 Å². The predicted molar refractivity (Wildman–Crippen MR) is 88.2 cm³/mol. The summed E-state index contributed by atoms with van der Waals surface area (Å²) < 4.78 is 23.4. The third-order valence-electron chi connectivity index (χ3n) is 4.88. The molecule has 21 heavy (non-hydrogen) atoms. The van der Waals surface area contributed by atoms with Gasteiger partial charge in [0.05, 0.1) is 11.5 Å². The van der Waals surface area contributed by atoms with E-state index in [-0.39, 0.29) is 0 Å². The molecule has 2 saturated heterocycles. The Morgan fingerprint density at radius 2 is 1.95 bits per heavy atom. The van der Waals surface area contributed by atoms with Crippen molar-refractivity contribution in [2.45, 2.75) is 52.6 Å². The molecule has 2 aliphatic heterocycles. The van der Waals surface area contributed by atoms with Gasteiger partial charge in [-0.05, 0) is 30.6 Å². The molecule has 0 radical (unpaired) electrons. The highest BCUT2D eigenvalue weighted by molar-refractivity contribution is 7.91. The lowest BCUT2D eigenvalue weighted by molar-refractivity contribution is 0.0794. The highest BCUT2D eigenvalue weighted by atomic mass is 32.2. The molecule has 3 unspecified atom stereocenters. The van der Waals surface area contributed by atoms with E-state index in [0.29, 0.717) is 41.3 Å². The van der Waals surface area contributed by atoms with Gasteiger partial charge < -0.3 is 5.32 Å². The Kier molecular flexibility index (Phi) is 5.71. The SMILES string of the molecule is CC(C)CC1CN(CC2CCS(=O)(=O)C2)C(C(C)C)CN1. The molecular weight excluding hydrogens is 284 g/mol. The third-order valence-corrected chi connectivity index (χ3v) is 6.72. The summed E-state index contributed by atoms with van der Waals surface area (Å²) in [5.74, 6) is 2.44. The minimum Gasteiger partial charge on any atom is -0.311 e. The topological polar surface area (TPSA) is 49.4 Å². The molecule has 0 aromatic carbocycles. The molecular formula is C16H32N2O2S. The van der Waals surface area contributed by atoms with E-state index in [1.807, 2.05) is 0 Å². The summed E-state index contributed by atoms with van der Waals surface area (Å²) >= 11 is 0. The highest BCUT2D eigenvalue weighted by Gasteiger charge is 2.35. The number of rotatable bonds is 5. The van der Waals surface area contributed by atoms with Gasteiger partial charge in [0.2, 0.25) is 0 Å². The number of hydrogen-bond acceptors (Lipinski definition) is 4. The van der Waals surface area contributed by atoms with Crippen LogP contribution in [0.25, 0.3) is 0 Å². The summed E-state index contributed by atoms with van der Waals surface area (Å²) in [6.07, 6.45) is 2.05. The second kappa shape index (κ2) is 6.97. The molecule has 0 aliphatic carbocycles. The van der Waals surface area contributed by atoms with E-state index < -0.39 is 9.84 Å². The summed E-state index contributed by atoms with van der Waals surface area (Å²) in [6, 6.07) is 1.09. The molecule has 0 amide bonds. The van der Waals surface area contributed by atoms with Gasteiger partial charge >= 0.3 is 0 Å². The average Bonchev–Trinajstić information content (AvgIpc) is 2.67. The molecule has 4 nitrogen and oxygen atoms in total. The fourth-order valence-electron chi connectivity index (χ4n) is 3.84. The van der Waals surface area contributed by atoms with E-state index >= 15 is 0 Å². The van der Waals surface area contributed by atoms with Crippen molar-refractivity contribution in [3.8, 4) is 0 Å². The number of nitrogens with one attached hydrogen (secondary N) is 1. The van der Waals surface area contributed by atoms with E-state index in [1.54, 1.807) is 0 Å². The second-order valence-corrected chi connectivity index (χ2v) is 10.00. The Balaban J connectivity index is 1.97. The first-order valence-electron chi connectivity index (χ1n) is 8.44. The summed E-state index contributed by atoms with van der Waals surface area (Å²) in [7, 11) is -2.76. The molecule has 3 atom stereocenters. The Bertz CT molecular complexity index is 434. The maximum atomic E-state index is 11.7. The maximum Gasteiger partial charge on any atom is 0.150 e. The molecule has 1 N–H and O–H groups in total. The van der Waals surface area contributed by atoms with Crippen molar-refractivity contribution in [2.75, 3.05) is 31.1 Å². The quantitative estimate of drug-likeness (QED) is 0.840. The smallest absolute Gasteiger partial charge is 0.150 e. The average molecular weight is 317 g/mol. The van der Waals surface area contributed by atoms with Crippen LogP contribution < -0.4 is 5.32 Å². The van der Waals surface area contributed by atoms with Crippen LogP contribution in [0.1, 0.15) is 40.5 Å². The lowest BCUT2D eigenvalue weighted by atomic mass is 9.93. The first-order chi connectivity index (χ1) is 9.77. The molecule has 2 rings (SSSR count). The minimum absolute atomic E-state index is 0.342. The Labute approximate surface area is 130 Å². The highest BCUT2D eigenvalue weighted by Crippen LogP contribution is 2.24. The summed E-state index contributed by atoms with van der Waals surface area (Å²) in [6.45, 7) is 12.1. The standard InChI is InChI=1S/C16H32N2O2S/c1-12(2)7-15-10-18(16(8-17-15)13(3)4)9-14-5-6-21(19,20)11-14/h12-17H,5-11H2,1-4H3. The number of piperazine rings is 1. The van der Waals surface area contributed by atoms with E-state index in [0.717, 1.165) is 26.1 Å². The van der Waals surface area contributed by atoms with Crippen molar-refractivity contribution in [3.63, 3.8) is 0 Å². The molecule has 0 spiro atoms. The Morgan fingerprint density at radius 3 is 2.48 bits per heavy atom. The fourth-order valence-corrected chi connectivity index (χ4v) is 5.69. The summed E-state index contributed by atoms with van der Waals surface area (Å²) in [4.78, 5) is 2.57. The van der Waals surface area contributed by atoms with Crippen molar-refractivity contribution >= 4 is 9.84 Å². The predicted octanol–water partition coefficient (Wildman–Crippen LogP) is 1.77. The van der Waals surface area contributed by atoms with Crippen molar-refractivity contribution < 1.29 is 8.42 Å². The van der Waals surface area contributed by atoms with Crippen molar-refractivity contribution in [1.82, 2.24) is 10.2 Å². The van der Waals surface area contributed by atoms with Crippen LogP contribution in [0.15, 0.2) is 0 Å². The molecule has 0 bridgehead atoms.